The van der Waals surface area contributed by atoms with Crippen LogP contribution in [0.5, 0.6) is 0 Å². The van der Waals surface area contributed by atoms with Crippen molar-refractivity contribution in [2.24, 2.45) is 0 Å². The minimum Gasteiger partial charge on any atom is -0.376 e. The van der Waals surface area contributed by atoms with E-state index < -0.39 is 17.6 Å². The van der Waals surface area contributed by atoms with Gasteiger partial charge in [0.1, 0.15) is 5.82 Å². The van der Waals surface area contributed by atoms with Crippen LogP contribution in [0.2, 0.25) is 0 Å². The van der Waals surface area contributed by atoms with Crippen molar-refractivity contribution >= 4 is 0 Å². The number of hydrogen-bond acceptors (Lipinski definition) is 2. The van der Waals surface area contributed by atoms with Gasteiger partial charge in [-0.05, 0) is 43.5 Å². The Morgan fingerprint density at radius 3 is 2.71 bits per heavy atom. The molecule has 1 aromatic carbocycles. The Hall–Kier alpha value is -1.14. The largest absolute Gasteiger partial charge is 0.419 e. The predicted octanol–water partition coefficient (Wildman–Crippen LogP) is 4.06. The molecule has 2 unspecified atom stereocenters. The van der Waals surface area contributed by atoms with Gasteiger partial charge in [0, 0.05) is 6.61 Å². The van der Waals surface area contributed by atoms with E-state index in [0.717, 1.165) is 31.4 Å². The number of alkyl halides is 3. The molecule has 118 valence electrons. The maximum absolute atomic E-state index is 13.4. The Balaban J connectivity index is 2.30. The Bertz CT molecular complexity index is 469. The highest BCUT2D eigenvalue weighted by molar-refractivity contribution is 5.30. The first kappa shape index (κ1) is 16.2. The topological polar surface area (TPSA) is 21.3 Å². The second-order valence-electron chi connectivity index (χ2n) is 5.22. The standard InChI is InChI=1S/C15H19F4NO/c1-2-7-20-14(13-4-3-8-21-13)10-5-6-12(16)11(9-10)15(17,18)19/h5-6,9,13-14,20H,2-4,7-8H2,1H3. The molecule has 2 atom stereocenters. The highest BCUT2D eigenvalue weighted by Crippen LogP contribution is 2.35. The molecular formula is C15H19F4NO. The van der Waals surface area contributed by atoms with Gasteiger partial charge in [-0.2, -0.15) is 13.2 Å². The van der Waals surface area contributed by atoms with Crippen molar-refractivity contribution in [2.75, 3.05) is 13.2 Å². The summed E-state index contributed by atoms with van der Waals surface area (Å²) in [5.74, 6) is -1.24. The summed E-state index contributed by atoms with van der Waals surface area (Å²) in [5, 5.41) is 3.21. The fourth-order valence-corrected chi connectivity index (χ4v) is 2.58. The van der Waals surface area contributed by atoms with E-state index in [4.69, 9.17) is 4.74 Å². The summed E-state index contributed by atoms with van der Waals surface area (Å²) >= 11 is 0. The minimum atomic E-state index is -4.69. The lowest BCUT2D eigenvalue weighted by Crippen LogP contribution is -2.32. The number of ether oxygens (including phenoxy) is 1. The first-order valence-electron chi connectivity index (χ1n) is 7.15. The molecule has 0 amide bonds. The molecule has 1 aromatic rings. The van der Waals surface area contributed by atoms with E-state index in [1.807, 2.05) is 6.92 Å². The molecule has 1 aliphatic heterocycles. The van der Waals surface area contributed by atoms with Gasteiger partial charge in [0.15, 0.2) is 0 Å². The molecule has 0 spiro atoms. The Morgan fingerprint density at radius 1 is 1.38 bits per heavy atom. The van der Waals surface area contributed by atoms with Gasteiger partial charge in [-0.25, -0.2) is 4.39 Å². The Labute approximate surface area is 121 Å². The molecule has 1 heterocycles. The molecular weight excluding hydrogens is 286 g/mol. The predicted molar refractivity (Wildman–Crippen MR) is 71.4 cm³/mol. The van der Waals surface area contributed by atoms with E-state index in [2.05, 4.69) is 5.32 Å². The first-order chi connectivity index (χ1) is 9.93. The summed E-state index contributed by atoms with van der Waals surface area (Å²) < 4.78 is 57.5. The van der Waals surface area contributed by atoms with Crippen LogP contribution in [0.25, 0.3) is 0 Å². The normalized spacial score (nSPS) is 20.7. The van der Waals surface area contributed by atoms with Crippen molar-refractivity contribution < 1.29 is 22.3 Å². The van der Waals surface area contributed by atoms with Crippen LogP contribution in [0, 0.1) is 5.82 Å². The van der Waals surface area contributed by atoms with Crippen LogP contribution in [-0.4, -0.2) is 19.3 Å². The quantitative estimate of drug-likeness (QED) is 0.828. The zero-order chi connectivity index (χ0) is 15.5. The molecule has 1 aliphatic rings. The molecule has 0 bridgehead atoms. The molecule has 0 aromatic heterocycles. The maximum atomic E-state index is 13.4. The SMILES string of the molecule is CCCNC(c1ccc(F)c(C(F)(F)F)c1)C1CCCO1. The summed E-state index contributed by atoms with van der Waals surface area (Å²) in [6.07, 6.45) is -2.31. The van der Waals surface area contributed by atoms with Crippen molar-refractivity contribution in [3.8, 4) is 0 Å². The van der Waals surface area contributed by atoms with E-state index in [1.165, 1.54) is 6.07 Å². The average Bonchev–Trinajstić information content (AvgIpc) is 2.93. The first-order valence-corrected chi connectivity index (χ1v) is 7.15. The summed E-state index contributed by atoms with van der Waals surface area (Å²) in [7, 11) is 0. The highest BCUT2D eigenvalue weighted by Gasteiger charge is 2.36. The minimum absolute atomic E-state index is 0.164. The Morgan fingerprint density at radius 2 is 2.14 bits per heavy atom. The number of rotatable bonds is 5. The lowest BCUT2D eigenvalue weighted by Gasteiger charge is -2.25. The van der Waals surface area contributed by atoms with Crippen molar-refractivity contribution in [2.45, 2.75) is 44.5 Å². The lowest BCUT2D eigenvalue weighted by molar-refractivity contribution is -0.140. The third-order valence-electron chi connectivity index (χ3n) is 3.61. The number of nitrogens with one attached hydrogen (secondary N) is 1. The number of halogens is 4. The van der Waals surface area contributed by atoms with Gasteiger partial charge in [-0.3, -0.25) is 0 Å². The second-order valence-corrected chi connectivity index (χ2v) is 5.22. The van der Waals surface area contributed by atoms with Gasteiger partial charge >= 0.3 is 6.18 Å². The molecule has 0 radical (unpaired) electrons. The highest BCUT2D eigenvalue weighted by atomic mass is 19.4. The number of hydrogen-bond donors (Lipinski definition) is 1. The van der Waals surface area contributed by atoms with Gasteiger partial charge in [0.25, 0.3) is 0 Å². The van der Waals surface area contributed by atoms with E-state index >= 15 is 0 Å². The third kappa shape index (κ3) is 3.95. The van der Waals surface area contributed by atoms with E-state index in [1.54, 1.807) is 0 Å². The van der Waals surface area contributed by atoms with Crippen molar-refractivity contribution in [1.82, 2.24) is 5.32 Å². The van der Waals surface area contributed by atoms with E-state index in [9.17, 15) is 17.6 Å². The summed E-state index contributed by atoms with van der Waals surface area (Å²) in [5.41, 5.74) is -0.801. The summed E-state index contributed by atoms with van der Waals surface area (Å²) in [4.78, 5) is 0. The van der Waals surface area contributed by atoms with Gasteiger partial charge in [-0.15, -0.1) is 0 Å². The van der Waals surface area contributed by atoms with Crippen LogP contribution >= 0.6 is 0 Å². The number of benzene rings is 1. The van der Waals surface area contributed by atoms with Crippen LogP contribution in [-0.2, 0) is 10.9 Å². The summed E-state index contributed by atoms with van der Waals surface area (Å²) in [6, 6.07) is 2.84. The van der Waals surface area contributed by atoms with Crippen molar-refractivity contribution in [1.29, 1.82) is 0 Å². The zero-order valence-corrected chi connectivity index (χ0v) is 11.8. The molecule has 1 fully saturated rings. The molecule has 0 saturated carbocycles. The molecule has 0 aliphatic carbocycles. The van der Waals surface area contributed by atoms with Gasteiger partial charge in [-0.1, -0.05) is 13.0 Å². The van der Waals surface area contributed by atoms with E-state index in [0.29, 0.717) is 18.7 Å². The van der Waals surface area contributed by atoms with Crippen LogP contribution in [0.3, 0.4) is 0 Å². The molecule has 21 heavy (non-hydrogen) atoms. The fourth-order valence-electron chi connectivity index (χ4n) is 2.58. The maximum Gasteiger partial charge on any atom is 0.419 e. The lowest BCUT2D eigenvalue weighted by atomic mass is 9.97. The van der Waals surface area contributed by atoms with Crippen LogP contribution < -0.4 is 5.32 Å². The fraction of sp³-hybridized carbons (Fsp3) is 0.600. The summed E-state index contributed by atoms with van der Waals surface area (Å²) in [6.45, 7) is 3.26. The van der Waals surface area contributed by atoms with Gasteiger partial charge in [0.05, 0.1) is 17.7 Å². The van der Waals surface area contributed by atoms with Crippen molar-refractivity contribution in [3.63, 3.8) is 0 Å². The molecule has 2 nitrogen and oxygen atoms in total. The zero-order valence-electron chi connectivity index (χ0n) is 11.8. The van der Waals surface area contributed by atoms with E-state index in [-0.39, 0.29) is 12.1 Å². The molecule has 6 heteroatoms. The Kier molecular flexibility index (Phi) is 5.22. The van der Waals surface area contributed by atoms with Crippen molar-refractivity contribution in [3.05, 3.63) is 35.1 Å². The average molecular weight is 305 g/mol. The van der Waals surface area contributed by atoms with Crippen LogP contribution in [0.15, 0.2) is 18.2 Å². The van der Waals surface area contributed by atoms with Gasteiger partial charge < -0.3 is 10.1 Å². The van der Waals surface area contributed by atoms with Crippen LogP contribution in [0.4, 0.5) is 17.6 Å². The molecule has 1 N–H and O–H groups in total. The molecule has 1 saturated heterocycles. The third-order valence-corrected chi connectivity index (χ3v) is 3.61. The second kappa shape index (κ2) is 6.75. The smallest absolute Gasteiger partial charge is 0.376 e. The monoisotopic (exact) mass is 305 g/mol. The van der Waals surface area contributed by atoms with Gasteiger partial charge in [0.2, 0.25) is 0 Å². The molecule has 2 rings (SSSR count). The van der Waals surface area contributed by atoms with Crippen LogP contribution in [0.1, 0.15) is 43.4 Å².